The second-order valence-electron chi connectivity index (χ2n) is 4.05. The van der Waals surface area contributed by atoms with E-state index in [2.05, 4.69) is 4.98 Å². The fraction of sp³-hybridized carbons (Fsp3) is 0.167. The van der Waals surface area contributed by atoms with Crippen LogP contribution in [0, 0.1) is 6.92 Å². The van der Waals surface area contributed by atoms with Gasteiger partial charge in [0.2, 0.25) is 0 Å². The van der Waals surface area contributed by atoms with Crippen LogP contribution in [0.4, 0.5) is 13.2 Å². The Labute approximate surface area is 116 Å². The molecule has 8 heteroatoms. The van der Waals surface area contributed by atoms with Crippen LogP contribution >= 0.6 is 11.6 Å². The molecule has 2 heterocycles. The summed E-state index contributed by atoms with van der Waals surface area (Å²) in [5.74, 6) is -0.322. The second kappa shape index (κ2) is 4.82. The molecule has 0 aliphatic rings. The molecule has 106 valence electrons. The molecule has 0 aromatic carbocycles. The van der Waals surface area contributed by atoms with Crippen molar-refractivity contribution >= 4 is 11.6 Å². The van der Waals surface area contributed by atoms with E-state index in [-0.39, 0.29) is 16.6 Å². The molecule has 0 unspecified atom stereocenters. The van der Waals surface area contributed by atoms with Crippen molar-refractivity contribution in [3.05, 3.63) is 51.2 Å². The molecule has 0 saturated carbocycles. The molecule has 0 fully saturated rings. The number of aryl methyl sites for hydroxylation is 1. The van der Waals surface area contributed by atoms with Crippen LogP contribution in [0.15, 0.2) is 29.2 Å². The Morgan fingerprint density at radius 1 is 1.30 bits per heavy atom. The van der Waals surface area contributed by atoms with Gasteiger partial charge in [0, 0.05) is 24.0 Å². The summed E-state index contributed by atoms with van der Waals surface area (Å²) in [5.41, 5.74) is -2.17. The van der Waals surface area contributed by atoms with Gasteiger partial charge in [0.1, 0.15) is 10.9 Å². The van der Waals surface area contributed by atoms with E-state index >= 15 is 0 Å². The Balaban J connectivity index is 2.83. The molecule has 2 aromatic rings. The maximum absolute atomic E-state index is 13.0. The summed E-state index contributed by atoms with van der Waals surface area (Å²) in [4.78, 5) is 15.2. The average molecular weight is 305 g/mol. The fourth-order valence-corrected chi connectivity index (χ4v) is 1.97. The highest BCUT2D eigenvalue weighted by Crippen LogP contribution is 2.34. The SMILES string of the molecule is Cc1cc(O)cc(=O)n1-c1cc(Cl)ncc1C(F)(F)F. The van der Waals surface area contributed by atoms with Gasteiger partial charge in [0.25, 0.3) is 5.56 Å². The minimum atomic E-state index is -4.68. The fourth-order valence-electron chi connectivity index (χ4n) is 1.82. The van der Waals surface area contributed by atoms with Crippen molar-refractivity contribution < 1.29 is 18.3 Å². The predicted molar refractivity (Wildman–Crippen MR) is 66.2 cm³/mol. The van der Waals surface area contributed by atoms with Gasteiger partial charge in [-0.2, -0.15) is 13.2 Å². The van der Waals surface area contributed by atoms with E-state index in [0.29, 0.717) is 6.20 Å². The zero-order valence-corrected chi connectivity index (χ0v) is 10.8. The molecule has 0 radical (unpaired) electrons. The summed E-state index contributed by atoms with van der Waals surface area (Å²) in [6, 6.07) is 2.95. The van der Waals surface area contributed by atoms with Crippen molar-refractivity contribution in [2.75, 3.05) is 0 Å². The number of aromatic hydroxyl groups is 1. The maximum Gasteiger partial charge on any atom is 0.419 e. The molecule has 20 heavy (non-hydrogen) atoms. The zero-order chi connectivity index (χ0) is 15.1. The number of hydrogen-bond donors (Lipinski definition) is 1. The lowest BCUT2D eigenvalue weighted by atomic mass is 10.2. The minimum Gasteiger partial charge on any atom is -0.508 e. The first kappa shape index (κ1) is 14.4. The van der Waals surface area contributed by atoms with Crippen molar-refractivity contribution in [3.63, 3.8) is 0 Å². The summed E-state index contributed by atoms with van der Waals surface area (Å²) in [7, 11) is 0. The average Bonchev–Trinajstić information content (AvgIpc) is 2.25. The topological polar surface area (TPSA) is 55.1 Å². The number of pyridine rings is 2. The Kier molecular flexibility index (Phi) is 3.47. The van der Waals surface area contributed by atoms with Gasteiger partial charge >= 0.3 is 6.18 Å². The first-order chi connectivity index (χ1) is 9.20. The van der Waals surface area contributed by atoms with E-state index in [9.17, 15) is 23.1 Å². The molecule has 0 saturated heterocycles. The lowest BCUT2D eigenvalue weighted by Crippen LogP contribution is -2.23. The van der Waals surface area contributed by atoms with E-state index in [0.717, 1.165) is 16.7 Å². The smallest absolute Gasteiger partial charge is 0.419 e. The van der Waals surface area contributed by atoms with Crippen molar-refractivity contribution in [2.24, 2.45) is 0 Å². The molecule has 0 atom stereocenters. The third-order valence-corrected chi connectivity index (χ3v) is 2.80. The summed E-state index contributed by atoms with van der Waals surface area (Å²) in [6.07, 6.45) is -4.12. The highest BCUT2D eigenvalue weighted by molar-refractivity contribution is 6.29. The van der Waals surface area contributed by atoms with E-state index in [1.807, 2.05) is 0 Å². The molecule has 2 rings (SSSR count). The molecule has 4 nitrogen and oxygen atoms in total. The lowest BCUT2D eigenvalue weighted by molar-refractivity contribution is -0.137. The number of nitrogens with zero attached hydrogens (tertiary/aromatic N) is 2. The van der Waals surface area contributed by atoms with Crippen LogP contribution in [-0.4, -0.2) is 14.7 Å². The molecular formula is C12H8ClF3N2O2. The third kappa shape index (κ3) is 2.62. The first-order valence-corrected chi connectivity index (χ1v) is 5.73. The molecule has 0 aliphatic heterocycles. The Hall–Kier alpha value is -2.02. The summed E-state index contributed by atoms with van der Waals surface area (Å²) in [5, 5.41) is 9.10. The van der Waals surface area contributed by atoms with Crippen molar-refractivity contribution in [2.45, 2.75) is 13.1 Å². The first-order valence-electron chi connectivity index (χ1n) is 5.36. The van der Waals surface area contributed by atoms with Crippen molar-refractivity contribution in [1.82, 2.24) is 9.55 Å². The number of hydrogen-bond acceptors (Lipinski definition) is 3. The van der Waals surface area contributed by atoms with E-state index in [1.165, 1.54) is 13.0 Å². The van der Waals surface area contributed by atoms with Gasteiger partial charge in [-0.25, -0.2) is 4.98 Å². The number of rotatable bonds is 1. The number of alkyl halides is 3. The molecule has 0 bridgehead atoms. The molecule has 2 aromatic heterocycles. The highest BCUT2D eigenvalue weighted by atomic mass is 35.5. The van der Waals surface area contributed by atoms with Crippen LogP contribution in [0.2, 0.25) is 5.15 Å². The van der Waals surface area contributed by atoms with Crippen molar-refractivity contribution in [1.29, 1.82) is 0 Å². The minimum absolute atomic E-state index is 0.141. The van der Waals surface area contributed by atoms with Gasteiger partial charge in [-0.1, -0.05) is 11.6 Å². The quantitative estimate of drug-likeness (QED) is 0.824. The maximum atomic E-state index is 13.0. The van der Waals surface area contributed by atoms with Gasteiger partial charge in [0.15, 0.2) is 0 Å². The van der Waals surface area contributed by atoms with Crippen LogP contribution in [0.1, 0.15) is 11.3 Å². The summed E-state index contributed by atoms with van der Waals surface area (Å²) < 4.78 is 39.7. The molecule has 0 spiro atoms. The Morgan fingerprint density at radius 3 is 2.50 bits per heavy atom. The van der Waals surface area contributed by atoms with Crippen LogP contribution in [-0.2, 0) is 6.18 Å². The Morgan fingerprint density at radius 2 is 1.95 bits per heavy atom. The van der Waals surface area contributed by atoms with Gasteiger partial charge < -0.3 is 5.11 Å². The van der Waals surface area contributed by atoms with Gasteiger partial charge in [-0.05, 0) is 13.0 Å². The van der Waals surface area contributed by atoms with Crippen LogP contribution in [0.3, 0.4) is 0 Å². The monoisotopic (exact) mass is 304 g/mol. The predicted octanol–water partition coefficient (Wildman–Crippen LogP) is 2.92. The summed E-state index contributed by atoms with van der Waals surface area (Å²) in [6.45, 7) is 1.40. The van der Waals surface area contributed by atoms with E-state index in [4.69, 9.17) is 11.6 Å². The standard InChI is InChI=1S/C12H8ClF3N2O2/c1-6-2-7(19)3-11(20)18(6)9-4-10(13)17-5-8(9)12(14,15)16/h2-5,19H,1H3. The molecular weight excluding hydrogens is 297 g/mol. The third-order valence-electron chi connectivity index (χ3n) is 2.60. The lowest BCUT2D eigenvalue weighted by Gasteiger charge is -2.16. The van der Waals surface area contributed by atoms with Crippen LogP contribution in [0.25, 0.3) is 5.69 Å². The normalized spacial score (nSPS) is 11.7. The summed E-state index contributed by atoms with van der Waals surface area (Å²) >= 11 is 5.61. The zero-order valence-electron chi connectivity index (χ0n) is 10.1. The molecule has 0 aliphatic carbocycles. The van der Waals surface area contributed by atoms with Gasteiger partial charge in [0.05, 0.1) is 11.3 Å². The van der Waals surface area contributed by atoms with Crippen LogP contribution in [0.5, 0.6) is 5.75 Å². The van der Waals surface area contributed by atoms with Gasteiger partial charge in [-0.15, -0.1) is 0 Å². The molecule has 0 amide bonds. The highest BCUT2D eigenvalue weighted by Gasteiger charge is 2.35. The number of aromatic nitrogens is 2. The van der Waals surface area contributed by atoms with E-state index in [1.54, 1.807) is 0 Å². The van der Waals surface area contributed by atoms with E-state index < -0.39 is 23.0 Å². The second-order valence-corrected chi connectivity index (χ2v) is 4.44. The number of halogens is 4. The molecule has 1 N–H and O–H groups in total. The van der Waals surface area contributed by atoms with Gasteiger partial charge in [-0.3, -0.25) is 9.36 Å². The van der Waals surface area contributed by atoms with Crippen molar-refractivity contribution in [3.8, 4) is 11.4 Å². The van der Waals surface area contributed by atoms with Crippen LogP contribution < -0.4 is 5.56 Å². The Bertz CT molecular complexity index is 726. The largest absolute Gasteiger partial charge is 0.508 e.